The van der Waals surface area contributed by atoms with Crippen LogP contribution in [0.2, 0.25) is 0 Å². The van der Waals surface area contributed by atoms with Gasteiger partial charge >= 0.3 is 0 Å². The number of hydrogen-bond acceptors (Lipinski definition) is 3. The van der Waals surface area contributed by atoms with E-state index in [0.29, 0.717) is 0 Å². The molecule has 0 radical (unpaired) electrons. The van der Waals surface area contributed by atoms with Gasteiger partial charge in [0.2, 0.25) is 0 Å². The van der Waals surface area contributed by atoms with Gasteiger partial charge in [0, 0.05) is 22.8 Å². The van der Waals surface area contributed by atoms with E-state index in [1.807, 2.05) is 43.4 Å². The highest BCUT2D eigenvalue weighted by Crippen LogP contribution is 2.37. The maximum Gasteiger partial charge on any atom is 0.130 e. The fourth-order valence-corrected chi connectivity index (χ4v) is 2.82. The van der Waals surface area contributed by atoms with Crippen LogP contribution in [0.1, 0.15) is 0 Å². The largest absolute Gasteiger partial charge is 0.496 e. The Balaban J connectivity index is 2.34. The number of ether oxygens (including phenoxy) is 1. The van der Waals surface area contributed by atoms with Gasteiger partial charge in [-0.3, -0.25) is 0 Å². The molecule has 0 aliphatic rings. The minimum atomic E-state index is 0.810. The summed E-state index contributed by atoms with van der Waals surface area (Å²) < 4.78 is 6.42. The number of methoxy groups -OCH3 is 1. The van der Waals surface area contributed by atoms with E-state index in [9.17, 15) is 0 Å². The normalized spacial score (nSPS) is 10.6. The molecule has 0 bridgehead atoms. The van der Waals surface area contributed by atoms with Crippen molar-refractivity contribution in [1.82, 2.24) is 4.98 Å². The second-order valence-electron chi connectivity index (χ2n) is 4.64. The summed E-state index contributed by atoms with van der Waals surface area (Å²) in [6.45, 7) is 0. The fourth-order valence-electron chi connectivity index (χ4n) is 2.40. The van der Waals surface area contributed by atoms with Gasteiger partial charge in [0.25, 0.3) is 0 Å². The number of benzene rings is 2. The van der Waals surface area contributed by atoms with Gasteiger partial charge in [-0.2, -0.15) is 0 Å². The fraction of sp³-hybridized carbons (Fsp3) is 0.118. The lowest BCUT2D eigenvalue weighted by Gasteiger charge is -2.13. The molecule has 1 heterocycles. The molecule has 1 N–H and O–H groups in total. The second-order valence-corrected chi connectivity index (χ2v) is 5.50. The summed E-state index contributed by atoms with van der Waals surface area (Å²) in [6, 6.07) is 16.1. The molecular formula is C17H15BrN2O. The average molecular weight is 343 g/mol. The van der Waals surface area contributed by atoms with E-state index >= 15 is 0 Å². The van der Waals surface area contributed by atoms with Crippen LogP contribution in [0.15, 0.2) is 53.0 Å². The lowest BCUT2D eigenvalue weighted by molar-refractivity contribution is 0.420. The highest BCUT2D eigenvalue weighted by Gasteiger charge is 2.13. The number of anilines is 1. The first-order valence-corrected chi connectivity index (χ1v) is 7.44. The van der Waals surface area contributed by atoms with Crippen LogP contribution in [0.25, 0.3) is 22.2 Å². The number of halogens is 1. The molecule has 21 heavy (non-hydrogen) atoms. The number of hydrogen-bond donors (Lipinski definition) is 1. The first-order chi connectivity index (χ1) is 10.2. The molecule has 2 aromatic carbocycles. The molecular weight excluding hydrogens is 328 g/mol. The molecule has 0 saturated heterocycles. The minimum Gasteiger partial charge on any atom is -0.496 e. The molecule has 3 rings (SSSR count). The van der Waals surface area contributed by atoms with Crippen molar-refractivity contribution in [3.05, 3.63) is 53.0 Å². The van der Waals surface area contributed by atoms with Crippen molar-refractivity contribution >= 4 is 32.5 Å². The minimum absolute atomic E-state index is 0.810. The number of fused-ring (bicyclic) bond motifs is 1. The van der Waals surface area contributed by atoms with Crippen LogP contribution < -0.4 is 10.1 Å². The molecule has 0 fully saturated rings. The Labute approximate surface area is 132 Å². The van der Waals surface area contributed by atoms with Crippen molar-refractivity contribution in [2.24, 2.45) is 0 Å². The quantitative estimate of drug-likeness (QED) is 0.748. The molecule has 106 valence electrons. The maximum atomic E-state index is 5.47. The Morgan fingerprint density at radius 2 is 1.86 bits per heavy atom. The molecule has 0 spiro atoms. The number of rotatable bonds is 3. The predicted molar refractivity (Wildman–Crippen MR) is 91.0 cm³/mol. The van der Waals surface area contributed by atoms with Crippen LogP contribution in [-0.2, 0) is 0 Å². The standard InChI is InChI=1S/C17H15BrN2O/c1-19-14-10-13(11-6-4-3-5-7-11)20-17-12(18)8-9-15(21-2)16(14)17/h3-10H,1-2H3,(H,19,20). The third-order valence-electron chi connectivity index (χ3n) is 3.43. The van der Waals surface area contributed by atoms with E-state index in [0.717, 1.165) is 38.1 Å². The zero-order chi connectivity index (χ0) is 14.8. The van der Waals surface area contributed by atoms with Gasteiger partial charge in [0.05, 0.1) is 23.7 Å². The van der Waals surface area contributed by atoms with E-state index in [2.05, 4.69) is 33.4 Å². The van der Waals surface area contributed by atoms with Crippen LogP contribution >= 0.6 is 15.9 Å². The van der Waals surface area contributed by atoms with Crippen molar-refractivity contribution in [2.75, 3.05) is 19.5 Å². The Kier molecular flexibility index (Phi) is 3.80. The first-order valence-electron chi connectivity index (χ1n) is 6.65. The third kappa shape index (κ3) is 2.47. The van der Waals surface area contributed by atoms with E-state index in [4.69, 9.17) is 9.72 Å². The molecule has 1 aromatic heterocycles. The van der Waals surface area contributed by atoms with E-state index in [-0.39, 0.29) is 0 Å². The zero-order valence-corrected chi connectivity index (χ0v) is 13.4. The van der Waals surface area contributed by atoms with Crippen LogP contribution in [0.5, 0.6) is 5.75 Å². The number of nitrogens with zero attached hydrogens (tertiary/aromatic N) is 1. The molecule has 0 saturated carbocycles. The van der Waals surface area contributed by atoms with Gasteiger partial charge in [-0.1, -0.05) is 30.3 Å². The molecule has 0 aliphatic heterocycles. The third-order valence-corrected chi connectivity index (χ3v) is 4.07. The van der Waals surface area contributed by atoms with Gasteiger partial charge in [-0.05, 0) is 34.1 Å². The van der Waals surface area contributed by atoms with Gasteiger partial charge in [-0.25, -0.2) is 4.98 Å². The van der Waals surface area contributed by atoms with Crippen molar-refractivity contribution < 1.29 is 4.74 Å². The Morgan fingerprint density at radius 3 is 2.52 bits per heavy atom. The Hall–Kier alpha value is -2.07. The lowest BCUT2D eigenvalue weighted by Crippen LogP contribution is -1.97. The van der Waals surface area contributed by atoms with Crippen LogP contribution in [-0.4, -0.2) is 19.1 Å². The monoisotopic (exact) mass is 342 g/mol. The van der Waals surface area contributed by atoms with E-state index in [1.165, 1.54) is 0 Å². The van der Waals surface area contributed by atoms with Crippen molar-refractivity contribution in [3.63, 3.8) is 0 Å². The van der Waals surface area contributed by atoms with Gasteiger partial charge in [-0.15, -0.1) is 0 Å². The zero-order valence-electron chi connectivity index (χ0n) is 11.9. The van der Waals surface area contributed by atoms with E-state index < -0.39 is 0 Å². The Bertz CT molecular complexity index is 788. The average Bonchev–Trinajstić information content (AvgIpc) is 2.55. The van der Waals surface area contributed by atoms with Gasteiger partial charge < -0.3 is 10.1 Å². The number of nitrogens with one attached hydrogen (secondary N) is 1. The van der Waals surface area contributed by atoms with Crippen molar-refractivity contribution in [2.45, 2.75) is 0 Å². The number of aromatic nitrogens is 1. The molecule has 0 unspecified atom stereocenters. The van der Waals surface area contributed by atoms with Crippen LogP contribution in [0, 0.1) is 0 Å². The molecule has 3 aromatic rings. The summed E-state index contributed by atoms with van der Waals surface area (Å²) in [6.07, 6.45) is 0. The van der Waals surface area contributed by atoms with Gasteiger partial charge in [0.15, 0.2) is 0 Å². The molecule has 0 aliphatic carbocycles. The smallest absolute Gasteiger partial charge is 0.130 e. The topological polar surface area (TPSA) is 34.2 Å². The summed E-state index contributed by atoms with van der Waals surface area (Å²) in [4.78, 5) is 4.80. The molecule has 3 nitrogen and oxygen atoms in total. The first kappa shape index (κ1) is 13.9. The lowest BCUT2D eigenvalue weighted by atomic mass is 10.1. The molecule has 4 heteroatoms. The summed E-state index contributed by atoms with van der Waals surface area (Å²) in [5, 5.41) is 4.22. The highest BCUT2D eigenvalue weighted by atomic mass is 79.9. The highest BCUT2D eigenvalue weighted by molar-refractivity contribution is 9.10. The van der Waals surface area contributed by atoms with Crippen molar-refractivity contribution in [1.29, 1.82) is 0 Å². The van der Waals surface area contributed by atoms with Crippen LogP contribution in [0.4, 0.5) is 5.69 Å². The van der Waals surface area contributed by atoms with Crippen LogP contribution in [0.3, 0.4) is 0 Å². The SMILES string of the molecule is CNc1cc(-c2ccccc2)nc2c(Br)ccc(OC)c12. The van der Waals surface area contributed by atoms with Crippen molar-refractivity contribution in [3.8, 4) is 17.0 Å². The summed E-state index contributed by atoms with van der Waals surface area (Å²) in [7, 11) is 3.58. The Morgan fingerprint density at radius 1 is 1.10 bits per heavy atom. The molecule has 0 atom stereocenters. The number of pyridine rings is 1. The maximum absolute atomic E-state index is 5.47. The molecule has 0 amide bonds. The van der Waals surface area contributed by atoms with Gasteiger partial charge in [0.1, 0.15) is 5.75 Å². The second kappa shape index (κ2) is 5.74. The van der Waals surface area contributed by atoms with E-state index in [1.54, 1.807) is 7.11 Å². The summed E-state index contributed by atoms with van der Waals surface area (Å²) >= 11 is 3.58. The summed E-state index contributed by atoms with van der Waals surface area (Å²) in [5.41, 5.74) is 3.91. The summed E-state index contributed by atoms with van der Waals surface area (Å²) in [5.74, 6) is 0.810. The predicted octanol–water partition coefficient (Wildman–Crippen LogP) is 4.71.